The summed E-state index contributed by atoms with van der Waals surface area (Å²) >= 11 is 3.54. The number of halogens is 1. The Morgan fingerprint density at radius 2 is 1.47 bits per heavy atom. The summed E-state index contributed by atoms with van der Waals surface area (Å²) in [7, 11) is -2.17. The van der Waals surface area contributed by atoms with Crippen molar-refractivity contribution in [2.24, 2.45) is 11.3 Å². The molecule has 15 heavy (non-hydrogen) atoms. The van der Waals surface area contributed by atoms with Gasteiger partial charge in [-0.05, 0) is 24.7 Å². The fourth-order valence-electron chi connectivity index (χ4n) is 1.46. The lowest BCUT2D eigenvalue weighted by molar-refractivity contribution is 0.222. The third-order valence-corrected chi connectivity index (χ3v) is 4.03. The molecule has 0 saturated heterocycles. The first-order valence-electron chi connectivity index (χ1n) is 5.04. The van der Waals surface area contributed by atoms with Crippen LogP contribution in [0.2, 0.25) is 0 Å². The Morgan fingerprint density at radius 1 is 1.20 bits per heavy atom. The van der Waals surface area contributed by atoms with Gasteiger partial charge in [0.1, 0.15) is 0 Å². The van der Waals surface area contributed by atoms with E-state index in [1.807, 2.05) is 0 Å². The maximum absolute atomic E-state index is 7.17. The minimum atomic E-state index is -2.17. The lowest BCUT2D eigenvalue weighted by Crippen LogP contribution is -2.43. The molecule has 0 radical (unpaired) electrons. The SMILES string of the molecule is CCC(CC)(CC)C(Br)NN.OB(O)O. The second-order valence-corrected chi connectivity index (χ2v) is 4.21. The number of nitrogens with one attached hydrogen (secondary N) is 1. The molecule has 0 aliphatic carbocycles. The van der Waals surface area contributed by atoms with E-state index in [1.165, 1.54) is 0 Å². The third-order valence-electron chi connectivity index (χ3n) is 2.80. The predicted octanol–water partition coefficient (Wildman–Crippen LogP) is 0.335. The Balaban J connectivity index is 0. The van der Waals surface area contributed by atoms with E-state index in [1.54, 1.807) is 0 Å². The summed E-state index contributed by atoms with van der Waals surface area (Å²) in [5.41, 5.74) is 3.09. The van der Waals surface area contributed by atoms with Crippen molar-refractivity contribution in [1.29, 1.82) is 0 Å². The van der Waals surface area contributed by atoms with Gasteiger partial charge in [-0.15, -0.1) is 0 Å². The van der Waals surface area contributed by atoms with Gasteiger partial charge in [-0.2, -0.15) is 0 Å². The Kier molecular flexibility index (Phi) is 11.3. The van der Waals surface area contributed by atoms with Gasteiger partial charge in [0, 0.05) is 0 Å². The first-order valence-corrected chi connectivity index (χ1v) is 5.96. The highest BCUT2D eigenvalue weighted by molar-refractivity contribution is 9.09. The van der Waals surface area contributed by atoms with Crippen LogP contribution in [0.25, 0.3) is 0 Å². The monoisotopic (exact) mass is 284 g/mol. The van der Waals surface area contributed by atoms with Crippen molar-refractivity contribution in [2.75, 3.05) is 0 Å². The van der Waals surface area contributed by atoms with Crippen LogP contribution in [0.1, 0.15) is 40.0 Å². The number of hydrogen-bond acceptors (Lipinski definition) is 5. The second kappa shape index (κ2) is 9.56. The molecule has 0 aliphatic rings. The molecular weight excluding hydrogens is 263 g/mol. The van der Waals surface area contributed by atoms with Crippen LogP contribution in [0.5, 0.6) is 0 Å². The smallest absolute Gasteiger partial charge is 0.402 e. The van der Waals surface area contributed by atoms with Gasteiger partial charge in [0.25, 0.3) is 0 Å². The Morgan fingerprint density at radius 3 is 1.53 bits per heavy atom. The van der Waals surface area contributed by atoms with E-state index in [0.29, 0.717) is 5.41 Å². The van der Waals surface area contributed by atoms with E-state index in [-0.39, 0.29) is 4.95 Å². The largest absolute Gasteiger partial charge is 0.631 e. The van der Waals surface area contributed by atoms with Crippen molar-refractivity contribution in [3.8, 4) is 0 Å². The number of hydrazine groups is 1. The van der Waals surface area contributed by atoms with Crippen LogP contribution in [0, 0.1) is 5.41 Å². The molecule has 0 rings (SSSR count). The first kappa shape index (κ1) is 17.7. The summed E-state index contributed by atoms with van der Waals surface area (Å²) in [6, 6.07) is 0. The van der Waals surface area contributed by atoms with Crippen LogP contribution in [0.15, 0.2) is 0 Å². The fourth-order valence-corrected chi connectivity index (χ4v) is 2.44. The van der Waals surface area contributed by atoms with Crippen LogP contribution < -0.4 is 11.3 Å². The van der Waals surface area contributed by atoms with E-state index in [4.69, 9.17) is 20.9 Å². The van der Waals surface area contributed by atoms with E-state index in [0.717, 1.165) is 19.3 Å². The zero-order valence-electron chi connectivity index (χ0n) is 9.57. The van der Waals surface area contributed by atoms with Gasteiger partial charge in [0.15, 0.2) is 0 Å². The molecule has 0 amide bonds. The third kappa shape index (κ3) is 7.27. The van der Waals surface area contributed by atoms with Gasteiger partial charge in [-0.1, -0.05) is 36.7 Å². The minimum Gasteiger partial charge on any atom is -0.402 e. The van der Waals surface area contributed by atoms with E-state index in [2.05, 4.69) is 42.1 Å². The summed E-state index contributed by atoms with van der Waals surface area (Å²) in [6.07, 6.45) is 3.46. The number of alkyl halides is 1. The molecule has 6 N–H and O–H groups in total. The normalized spacial score (nSPS) is 12.8. The van der Waals surface area contributed by atoms with E-state index >= 15 is 0 Å². The molecule has 0 bridgehead atoms. The van der Waals surface area contributed by atoms with Crippen molar-refractivity contribution in [1.82, 2.24) is 5.43 Å². The summed E-state index contributed by atoms with van der Waals surface area (Å²) in [6.45, 7) is 6.62. The van der Waals surface area contributed by atoms with Gasteiger partial charge in [-0.25, -0.2) is 5.43 Å². The fraction of sp³-hybridized carbons (Fsp3) is 1.00. The highest BCUT2D eigenvalue weighted by atomic mass is 79.9. The molecular formula is C8H22BBrN2O3. The summed E-state index contributed by atoms with van der Waals surface area (Å²) < 4.78 is 0. The van der Waals surface area contributed by atoms with Gasteiger partial charge in [-0.3, -0.25) is 5.84 Å². The average molecular weight is 285 g/mol. The Hall–Kier alpha value is 0.345. The van der Waals surface area contributed by atoms with Crippen LogP contribution >= 0.6 is 15.9 Å². The highest BCUT2D eigenvalue weighted by Crippen LogP contribution is 2.36. The Labute approximate surface area is 100 Å². The number of hydrogen-bond donors (Lipinski definition) is 5. The van der Waals surface area contributed by atoms with Crippen molar-refractivity contribution < 1.29 is 15.1 Å². The Bertz CT molecular complexity index is 137. The average Bonchev–Trinajstić information content (AvgIpc) is 2.20. The number of nitrogens with two attached hydrogens (primary N) is 1. The number of rotatable bonds is 5. The van der Waals surface area contributed by atoms with Crippen LogP contribution in [-0.2, 0) is 0 Å². The molecule has 0 aliphatic heterocycles. The summed E-state index contributed by atoms with van der Waals surface area (Å²) in [4.78, 5) is 0.231. The molecule has 0 fully saturated rings. The van der Waals surface area contributed by atoms with Gasteiger partial charge in [0.05, 0.1) is 4.95 Å². The maximum atomic E-state index is 7.17. The molecule has 0 saturated carbocycles. The molecule has 0 aromatic carbocycles. The van der Waals surface area contributed by atoms with Gasteiger partial charge in [0.2, 0.25) is 0 Å². The molecule has 1 unspecified atom stereocenters. The zero-order valence-corrected chi connectivity index (χ0v) is 11.2. The lowest BCUT2D eigenvalue weighted by atomic mass is 9.80. The molecule has 92 valence electrons. The van der Waals surface area contributed by atoms with Crippen LogP contribution in [0.4, 0.5) is 0 Å². The summed E-state index contributed by atoms with van der Waals surface area (Å²) in [5, 5.41) is 21.5. The molecule has 0 heterocycles. The molecule has 7 heteroatoms. The molecule has 0 spiro atoms. The van der Waals surface area contributed by atoms with Gasteiger partial charge >= 0.3 is 7.32 Å². The van der Waals surface area contributed by atoms with E-state index < -0.39 is 7.32 Å². The van der Waals surface area contributed by atoms with Crippen molar-refractivity contribution in [3.63, 3.8) is 0 Å². The van der Waals surface area contributed by atoms with Crippen molar-refractivity contribution in [3.05, 3.63) is 0 Å². The maximum Gasteiger partial charge on any atom is 0.631 e. The first-order chi connectivity index (χ1) is 6.90. The predicted molar refractivity (Wildman–Crippen MR) is 65.8 cm³/mol. The van der Waals surface area contributed by atoms with Crippen molar-refractivity contribution in [2.45, 2.75) is 45.0 Å². The standard InChI is InChI=1S/C8H19BrN2.BH3O3/c1-4-8(5-2,6-3)7(9)11-10;2-1(3)4/h7,11H,4-6,10H2,1-3H3;2-4H. The quantitative estimate of drug-likeness (QED) is 0.165. The van der Waals surface area contributed by atoms with E-state index in [9.17, 15) is 0 Å². The molecule has 0 aromatic rings. The lowest BCUT2D eigenvalue weighted by Gasteiger charge is -2.35. The highest BCUT2D eigenvalue weighted by Gasteiger charge is 2.31. The second-order valence-electron chi connectivity index (χ2n) is 3.30. The topological polar surface area (TPSA) is 98.7 Å². The van der Waals surface area contributed by atoms with Crippen LogP contribution in [-0.4, -0.2) is 27.3 Å². The zero-order chi connectivity index (χ0) is 12.5. The minimum absolute atomic E-state index is 0.231. The molecule has 5 nitrogen and oxygen atoms in total. The van der Waals surface area contributed by atoms with Gasteiger partial charge < -0.3 is 15.1 Å². The van der Waals surface area contributed by atoms with Crippen LogP contribution in [0.3, 0.4) is 0 Å². The molecule has 0 aromatic heterocycles. The van der Waals surface area contributed by atoms with Crippen molar-refractivity contribution >= 4 is 23.3 Å². The molecule has 1 atom stereocenters. The summed E-state index contributed by atoms with van der Waals surface area (Å²) in [5.74, 6) is 5.39.